The average molecular weight is 284 g/mol. The first-order valence-electron chi connectivity index (χ1n) is 6.40. The summed E-state index contributed by atoms with van der Waals surface area (Å²) in [7, 11) is 4.11. The molecule has 3 rings (SSSR count). The second-order valence-corrected chi connectivity index (χ2v) is 5.95. The van der Waals surface area contributed by atoms with Crippen molar-refractivity contribution in [1.82, 2.24) is 15.4 Å². The van der Waals surface area contributed by atoms with Gasteiger partial charge in [0.2, 0.25) is 0 Å². The summed E-state index contributed by atoms with van der Waals surface area (Å²) >= 11 is 1.74. The highest BCUT2D eigenvalue weighted by Crippen LogP contribution is 2.35. The lowest BCUT2D eigenvalue weighted by Crippen LogP contribution is -2.08. The Balaban J connectivity index is 1.98. The normalized spacial score (nSPS) is 10.8. The molecule has 1 N–H and O–H groups in total. The van der Waals surface area contributed by atoms with Gasteiger partial charge in [0.25, 0.3) is 0 Å². The maximum Gasteiger partial charge on any atom is 0.125 e. The Kier molecular flexibility index (Phi) is 3.28. The summed E-state index contributed by atoms with van der Waals surface area (Å²) in [6.07, 6.45) is 0. The molecule has 3 aromatic rings. The molecule has 4 nitrogen and oxygen atoms in total. The monoisotopic (exact) mass is 284 g/mol. The van der Waals surface area contributed by atoms with E-state index < -0.39 is 0 Å². The first-order valence-corrected chi connectivity index (χ1v) is 7.22. The summed E-state index contributed by atoms with van der Waals surface area (Å²) in [5.74, 6) is 0. The minimum absolute atomic E-state index is 0.931. The predicted molar refractivity (Wildman–Crippen MR) is 84.2 cm³/mol. The number of aromatic amines is 1. The van der Waals surface area contributed by atoms with Gasteiger partial charge in [-0.25, -0.2) is 0 Å². The molecule has 0 fully saturated rings. The standard InChI is InChI=1S/C15H16N4S/c1-10-15(17-18-16-10)14-8-7-13(20-14)11-5-4-6-12(9-11)19(2)3/h4-9H,1-3H3,(H,16,17,18). The van der Waals surface area contributed by atoms with Crippen LogP contribution in [0.15, 0.2) is 36.4 Å². The Morgan fingerprint density at radius 1 is 1.05 bits per heavy atom. The highest BCUT2D eigenvalue weighted by molar-refractivity contribution is 7.18. The molecule has 0 saturated carbocycles. The van der Waals surface area contributed by atoms with E-state index >= 15 is 0 Å². The molecule has 0 radical (unpaired) electrons. The smallest absolute Gasteiger partial charge is 0.125 e. The summed E-state index contributed by atoms with van der Waals surface area (Å²) < 4.78 is 0. The number of anilines is 1. The van der Waals surface area contributed by atoms with Gasteiger partial charge >= 0.3 is 0 Å². The highest BCUT2D eigenvalue weighted by atomic mass is 32.1. The van der Waals surface area contributed by atoms with E-state index in [0.717, 1.165) is 16.3 Å². The van der Waals surface area contributed by atoms with Crippen LogP contribution in [0.1, 0.15) is 5.69 Å². The van der Waals surface area contributed by atoms with Gasteiger partial charge in [-0.05, 0) is 36.8 Å². The lowest BCUT2D eigenvalue weighted by atomic mass is 10.1. The third-order valence-electron chi connectivity index (χ3n) is 3.21. The number of benzene rings is 1. The van der Waals surface area contributed by atoms with E-state index in [2.05, 4.69) is 70.8 Å². The van der Waals surface area contributed by atoms with Gasteiger partial charge in [-0.3, -0.25) is 0 Å². The van der Waals surface area contributed by atoms with E-state index in [0.29, 0.717) is 0 Å². The molecular formula is C15H16N4S. The average Bonchev–Trinajstić information content (AvgIpc) is 3.07. The molecule has 0 spiro atoms. The molecule has 0 bridgehead atoms. The number of nitrogens with one attached hydrogen (secondary N) is 1. The zero-order valence-corrected chi connectivity index (χ0v) is 12.5. The minimum Gasteiger partial charge on any atom is -0.378 e. The van der Waals surface area contributed by atoms with Crippen molar-refractivity contribution in [3.05, 3.63) is 42.1 Å². The second kappa shape index (κ2) is 5.09. The Morgan fingerprint density at radius 3 is 2.55 bits per heavy atom. The Morgan fingerprint density at radius 2 is 1.85 bits per heavy atom. The Hall–Kier alpha value is -2.14. The van der Waals surface area contributed by atoms with Gasteiger partial charge in [0.05, 0.1) is 10.6 Å². The molecule has 0 aliphatic carbocycles. The van der Waals surface area contributed by atoms with Crippen LogP contribution in [0.25, 0.3) is 21.0 Å². The van der Waals surface area contributed by atoms with Crippen LogP contribution in [-0.4, -0.2) is 29.5 Å². The van der Waals surface area contributed by atoms with Crippen molar-refractivity contribution in [2.75, 3.05) is 19.0 Å². The maximum atomic E-state index is 4.20. The molecule has 2 heterocycles. The van der Waals surface area contributed by atoms with Crippen molar-refractivity contribution < 1.29 is 0 Å². The van der Waals surface area contributed by atoms with Crippen LogP contribution in [0.5, 0.6) is 0 Å². The number of rotatable bonds is 3. The predicted octanol–water partition coefficient (Wildman–Crippen LogP) is 3.57. The number of aryl methyl sites for hydroxylation is 1. The molecule has 1 aromatic carbocycles. The molecule has 0 amide bonds. The number of aromatic nitrogens is 3. The Bertz CT molecular complexity index is 727. The fourth-order valence-electron chi connectivity index (χ4n) is 2.07. The van der Waals surface area contributed by atoms with Gasteiger partial charge in [-0.1, -0.05) is 12.1 Å². The third-order valence-corrected chi connectivity index (χ3v) is 4.35. The van der Waals surface area contributed by atoms with Crippen molar-refractivity contribution in [3.63, 3.8) is 0 Å². The van der Waals surface area contributed by atoms with Crippen LogP contribution in [0.3, 0.4) is 0 Å². The van der Waals surface area contributed by atoms with Gasteiger partial charge in [-0.2, -0.15) is 15.4 Å². The van der Waals surface area contributed by atoms with Gasteiger partial charge in [0, 0.05) is 24.7 Å². The molecule has 0 aliphatic rings. The van der Waals surface area contributed by atoms with Crippen molar-refractivity contribution in [1.29, 1.82) is 0 Å². The maximum absolute atomic E-state index is 4.20. The zero-order chi connectivity index (χ0) is 14.1. The number of H-pyrrole nitrogens is 1. The second-order valence-electron chi connectivity index (χ2n) is 4.87. The topological polar surface area (TPSA) is 44.8 Å². The first kappa shape index (κ1) is 12.9. The van der Waals surface area contributed by atoms with E-state index in [9.17, 15) is 0 Å². The summed E-state index contributed by atoms with van der Waals surface area (Å²) in [5, 5.41) is 11.0. The van der Waals surface area contributed by atoms with Crippen molar-refractivity contribution >= 4 is 17.0 Å². The largest absolute Gasteiger partial charge is 0.378 e. The van der Waals surface area contributed by atoms with Gasteiger partial charge in [-0.15, -0.1) is 11.3 Å². The van der Waals surface area contributed by atoms with Crippen molar-refractivity contribution in [3.8, 4) is 21.0 Å². The highest BCUT2D eigenvalue weighted by Gasteiger charge is 2.10. The summed E-state index contributed by atoms with van der Waals surface area (Å²) in [6.45, 7) is 1.96. The minimum atomic E-state index is 0.931. The first-order chi connectivity index (χ1) is 9.65. The van der Waals surface area contributed by atoms with Crippen LogP contribution < -0.4 is 4.90 Å². The molecule has 2 aromatic heterocycles. The zero-order valence-electron chi connectivity index (χ0n) is 11.7. The third kappa shape index (κ3) is 2.32. The van der Waals surface area contributed by atoms with Gasteiger partial charge in [0.1, 0.15) is 5.69 Å². The van der Waals surface area contributed by atoms with Crippen LogP contribution in [0, 0.1) is 6.92 Å². The SMILES string of the molecule is Cc1n[nH]nc1-c1ccc(-c2cccc(N(C)C)c2)s1. The van der Waals surface area contributed by atoms with Crippen molar-refractivity contribution in [2.45, 2.75) is 6.92 Å². The van der Waals surface area contributed by atoms with E-state index in [4.69, 9.17) is 0 Å². The molecule has 20 heavy (non-hydrogen) atoms. The fraction of sp³-hybridized carbons (Fsp3) is 0.200. The molecule has 0 saturated heterocycles. The molecule has 5 heteroatoms. The molecule has 0 unspecified atom stereocenters. The number of nitrogens with zero attached hydrogens (tertiary/aromatic N) is 3. The lowest BCUT2D eigenvalue weighted by Gasteiger charge is -2.12. The molecule has 0 aliphatic heterocycles. The van der Waals surface area contributed by atoms with Crippen LogP contribution in [0.2, 0.25) is 0 Å². The quantitative estimate of drug-likeness (QED) is 0.799. The van der Waals surface area contributed by atoms with E-state index in [1.165, 1.54) is 16.1 Å². The van der Waals surface area contributed by atoms with Crippen molar-refractivity contribution in [2.24, 2.45) is 0 Å². The van der Waals surface area contributed by atoms with E-state index in [1.54, 1.807) is 11.3 Å². The summed E-state index contributed by atoms with van der Waals surface area (Å²) in [6, 6.07) is 12.8. The number of hydrogen-bond acceptors (Lipinski definition) is 4. The summed E-state index contributed by atoms with van der Waals surface area (Å²) in [4.78, 5) is 4.49. The van der Waals surface area contributed by atoms with E-state index in [-0.39, 0.29) is 0 Å². The molecule has 0 atom stereocenters. The number of thiophene rings is 1. The van der Waals surface area contributed by atoms with Gasteiger partial charge in [0.15, 0.2) is 0 Å². The van der Waals surface area contributed by atoms with Crippen LogP contribution >= 0.6 is 11.3 Å². The van der Waals surface area contributed by atoms with Gasteiger partial charge < -0.3 is 4.90 Å². The summed E-state index contributed by atoms with van der Waals surface area (Å²) in [5.41, 5.74) is 4.30. The lowest BCUT2D eigenvalue weighted by molar-refractivity contribution is 0.930. The molecular weight excluding hydrogens is 268 g/mol. The number of hydrogen-bond donors (Lipinski definition) is 1. The van der Waals surface area contributed by atoms with Crippen LogP contribution in [-0.2, 0) is 0 Å². The van der Waals surface area contributed by atoms with Crippen LogP contribution in [0.4, 0.5) is 5.69 Å². The fourth-order valence-corrected chi connectivity index (χ4v) is 3.12. The molecule has 102 valence electrons. The van der Waals surface area contributed by atoms with E-state index in [1.807, 2.05) is 6.92 Å². The Labute approximate surface area is 122 Å².